The van der Waals surface area contributed by atoms with Gasteiger partial charge < -0.3 is 0 Å². The fraction of sp³-hybridized carbons (Fsp3) is 0. The molecule has 1 N–H and O–H groups in total. The summed E-state index contributed by atoms with van der Waals surface area (Å²) in [5.74, 6) is -0.160. The van der Waals surface area contributed by atoms with Gasteiger partial charge in [0, 0.05) is 21.1 Å². The van der Waals surface area contributed by atoms with Gasteiger partial charge in [0.15, 0.2) is 5.82 Å². The second-order valence-electron chi connectivity index (χ2n) is 6.46. The summed E-state index contributed by atoms with van der Waals surface area (Å²) in [4.78, 5) is 30.3. The standard InChI is InChI=1S/C23H15BrClN3O2/c24-17-11-8-15(9-12-17)10-13-21(29)27-28-22(16-4-3-5-18(25)14-16)26-20-7-2-1-6-19(20)23(28)30/h1-14H,(H,27,29). The van der Waals surface area contributed by atoms with Gasteiger partial charge >= 0.3 is 0 Å². The van der Waals surface area contributed by atoms with Crippen LogP contribution >= 0.6 is 27.5 Å². The Morgan fingerprint density at radius 3 is 2.57 bits per heavy atom. The van der Waals surface area contributed by atoms with Crippen molar-refractivity contribution in [1.82, 2.24) is 9.66 Å². The zero-order chi connectivity index (χ0) is 21.1. The van der Waals surface area contributed by atoms with Crippen LogP contribution in [0.2, 0.25) is 5.02 Å². The molecule has 0 spiro atoms. The first-order valence-corrected chi connectivity index (χ1v) is 10.2. The number of carbonyl (C=O) groups is 1. The summed E-state index contributed by atoms with van der Waals surface area (Å²) in [6, 6.07) is 21.5. The monoisotopic (exact) mass is 479 g/mol. The summed E-state index contributed by atoms with van der Waals surface area (Å²) >= 11 is 9.50. The fourth-order valence-electron chi connectivity index (χ4n) is 2.95. The number of benzene rings is 3. The van der Waals surface area contributed by atoms with E-state index in [4.69, 9.17) is 11.6 Å². The van der Waals surface area contributed by atoms with Crippen LogP contribution in [0.3, 0.4) is 0 Å². The molecular formula is C23H15BrClN3O2. The van der Waals surface area contributed by atoms with Crippen LogP contribution in [-0.2, 0) is 4.79 Å². The number of hydrogen-bond donors (Lipinski definition) is 1. The van der Waals surface area contributed by atoms with Gasteiger partial charge in [-0.1, -0.05) is 63.9 Å². The Balaban J connectivity index is 1.75. The van der Waals surface area contributed by atoms with Gasteiger partial charge in [-0.3, -0.25) is 15.0 Å². The molecule has 0 saturated heterocycles. The van der Waals surface area contributed by atoms with Crippen molar-refractivity contribution >= 4 is 50.4 Å². The first kappa shape index (κ1) is 20.1. The van der Waals surface area contributed by atoms with Gasteiger partial charge in [-0.2, -0.15) is 4.68 Å². The van der Waals surface area contributed by atoms with Crippen LogP contribution < -0.4 is 11.0 Å². The van der Waals surface area contributed by atoms with E-state index in [1.807, 2.05) is 24.3 Å². The number of para-hydroxylation sites is 1. The first-order valence-electron chi connectivity index (χ1n) is 9.04. The van der Waals surface area contributed by atoms with Crippen LogP contribution in [0.1, 0.15) is 5.56 Å². The van der Waals surface area contributed by atoms with Crippen LogP contribution in [0.4, 0.5) is 0 Å². The Hall–Kier alpha value is -3.22. The number of nitrogens with one attached hydrogen (secondary N) is 1. The van der Waals surface area contributed by atoms with Crippen LogP contribution in [0, 0.1) is 0 Å². The highest BCUT2D eigenvalue weighted by Crippen LogP contribution is 2.21. The lowest BCUT2D eigenvalue weighted by Crippen LogP contribution is -2.34. The third kappa shape index (κ3) is 4.35. The minimum Gasteiger partial charge on any atom is -0.268 e. The molecule has 7 heteroatoms. The van der Waals surface area contributed by atoms with Gasteiger partial charge in [-0.05, 0) is 48.0 Å². The molecule has 0 aliphatic rings. The number of amides is 1. The van der Waals surface area contributed by atoms with Crippen molar-refractivity contribution in [1.29, 1.82) is 0 Å². The maximum Gasteiger partial charge on any atom is 0.280 e. The Bertz CT molecular complexity index is 1330. The molecule has 0 fully saturated rings. The minimum absolute atomic E-state index is 0.298. The van der Waals surface area contributed by atoms with Crippen LogP contribution in [0.25, 0.3) is 28.4 Å². The van der Waals surface area contributed by atoms with Crippen LogP contribution in [-0.4, -0.2) is 15.6 Å². The topological polar surface area (TPSA) is 64.0 Å². The zero-order valence-electron chi connectivity index (χ0n) is 15.5. The molecule has 3 aromatic carbocycles. The summed E-state index contributed by atoms with van der Waals surface area (Å²) in [5.41, 5.74) is 4.26. The number of halogens is 2. The summed E-state index contributed by atoms with van der Waals surface area (Å²) in [6.07, 6.45) is 3.03. The van der Waals surface area contributed by atoms with E-state index in [9.17, 15) is 9.59 Å². The van der Waals surface area contributed by atoms with E-state index in [1.54, 1.807) is 54.6 Å². The average molecular weight is 481 g/mol. The molecule has 30 heavy (non-hydrogen) atoms. The summed E-state index contributed by atoms with van der Waals surface area (Å²) in [6.45, 7) is 0. The van der Waals surface area contributed by atoms with E-state index in [2.05, 4.69) is 26.3 Å². The fourth-order valence-corrected chi connectivity index (χ4v) is 3.41. The maximum absolute atomic E-state index is 13.1. The normalized spacial score (nSPS) is 11.1. The lowest BCUT2D eigenvalue weighted by atomic mass is 10.2. The number of carbonyl (C=O) groups excluding carboxylic acids is 1. The quantitative estimate of drug-likeness (QED) is 0.405. The molecule has 1 aromatic heterocycles. The molecule has 0 unspecified atom stereocenters. The molecule has 1 heterocycles. The molecule has 5 nitrogen and oxygen atoms in total. The molecule has 0 aliphatic heterocycles. The third-order valence-electron chi connectivity index (χ3n) is 4.38. The second-order valence-corrected chi connectivity index (χ2v) is 7.82. The van der Waals surface area contributed by atoms with Crippen molar-refractivity contribution < 1.29 is 4.79 Å². The van der Waals surface area contributed by atoms with Gasteiger partial charge in [-0.15, -0.1) is 0 Å². The Morgan fingerprint density at radius 1 is 1.03 bits per heavy atom. The Kier molecular flexibility index (Phi) is 5.79. The molecule has 4 aromatic rings. The van der Waals surface area contributed by atoms with E-state index in [-0.39, 0.29) is 5.56 Å². The summed E-state index contributed by atoms with van der Waals surface area (Å²) in [5, 5.41) is 0.906. The predicted octanol–water partition coefficient (Wildman–Crippen LogP) is 5.26. The second kappa shape index (κ2) is 8.65. The highest BCUT2D eigenvalue weighted by molar-refractivity contribution is 9.10. The van der Waals surface area contributed by atoms with Crippen molar-refractivity contribution in [3.05, 3.63) is 104 Å². The molecular weight excluding hydrogens is 466 g/mol. The summed E-state index contributed by atoms with van der Waals surface area (Å²) in [7, 11) is 0. The van der Waals surface area contributed by atoms with Gasteiger partial charge in [0.25, 0.3) is 11.5 Å². The van der Waals surface area contributed by atoms with Crippen molar-refractivity contribution in [2.24, 2.45) is 0 Å². The molecule has 0 aliphatic carbocycles. The van der Waals surface area contributed by atoms with Gasteiger partial charge in [0.05, 0.1) is 10.9 Å². The molecule has 148 valence electrons. The van der Waals surface area contributed by atoms with E-state index in [0.29, 0.717) is 27.3 Å². The van der Waals surface area contributed by atoms with Crippen molar-refractivity contribution in [2.75, 3.05) is 5.43 Å². The average Bonchev–Trinajstić information content (AvgIpc) is 2.75. The lowest BCUT2D eigenvalue weighted by molar-refractivity contribution is -0.112. The van der Waals surface area contributed by atoms with Crippen LogP contribution in [0.15, 0.2) is 88.1 Å². The molecule has 0 saturated carbocycles. The highest BCUT2D eigenvalue weighted by atomic mass is 79.9. The number of hydrogen-bond acceptors (Lipinski definition) is 3. The first-order chi connectivity index (χ1) is 14.5. The number of aromatic nitrogens is 2. The van der Waals surface area contributed by atoms with Crippen molar-refractivity contribution in [3.63, 3.8) is 0 Å². The van der Waals surface area contributed by atoms with Crippen LogP contribution in [0.5, 0.6) is 0 Å². The van der Waals surface area contributed by atoms with Gasteiger partial charge in [0.2, 0.25) is 0 Å². The van der Waals surface area contributed by atoms with Gasteiger partial charge in [-0.25, -0.2) is 4.98 Å². The van der Waals surface area contributed by atoms with E-state index >= 15 is 0 Å². The largest absolute Gasteiger partial charge is 0.280 e. The number of fused-ring (bicyclic) bond motifs is 1. The van der Waals surface area contributed by atoms with Gasteiger partial charge in [0.1, 0.15) is 0 Å². The lowest BCUT2D eigenvalue weighted by Gasteiger charge is -2.14. The minimum atomic E-state index is -0.458. The SMILES string of the molecule is O=C(C=Cc1ccc(Br)cc1)Nn1c(-c2cccc(Cl)c2)nc2ccccc2c1=O. The molecule has 0 radical (unpaired) electrons. The van der Waals surface area contributed by atoms with Crippen molar-refractivity contribution in [3.8, 4) is 11.4 Å². The predicted molar refractivity (Wildman–Crippen MR) is 124 cm³/mol. The van der Waals surface area contributed by atoms with E-state index < -0.39 is 5.91 Å². The smallest absolute Gasteiger partial charge is 0.268 e. The summed E-state index contributed by atoms with van der Waals surface area (Å²) < 4.78 is 2.10. The highest BCUT2D eigenvalue weighted by Gasteiger charge is 2.14. The number of rotatable bonds is 4. The van der Waals surface area contributed by atoms with E-state index in [1.165, 1.54) is 6.08 Å². The van der Waals surface area contributed by atoms with Crippen molar-refractivity contribution in [2.45, 2.75) is 0 Å². The van der Waals surface area contributed by atoms with E-state index in [0.717, 1.165) is 14.7 Å². The zero-order valence-corrected chi connectivity index (χ0v) is 17.9. The molecule has 0 bridgehead atoms. The maximum atomic E-state index is 13.1. The molecule has 4 rings (SSSR count). The Morgan fingerprint density at radius 2 is 1.80 bits per heavy atom. The third-order valence-corrected chi connectivity index (χ3v) is 5.14. The molecule has 1 amide bonds. The molecule has 0 atom stereocenters. The number of nitrogens with zero attached hydrogens (tertiary/aromatic N) is 2. The Labute approximate surface area is 185 Å².